The van der Waals surface area contributed by atoms with Crippen LogP contribution in [0.15, 0.2) is 11.4 Å². The average molecular weight is 283 g/mol. The molecule has 19 heavy (non-hydrogen) atoms. The van der Waals surface area contributed by atoms with Crippen LogP contribution in [0.1, 0.15) is 17.3 Å². The number of ether oxygens (including phenoxy) is 1. The third-order valence-electron chi connectivity index (χ3n) is 2.88. The van der Waals surface area contributed by atoms with Gasteiger partial charge < -0.3 is 15.8 Å². The molecule has 0 unspecified atom stereocenters. The SMILES string of the molecule is C[C@@H]1CN(CC(=O)Nc2sccc2C(N)=O)CCO1. The number of hydrogen-bond donors (Lipinski definition) is 2. The van der Waals surface area contributed by atoms with Crippen molar-refractivity contribution in [1.29, 1.82) is 0 Å². The van der Waals surface area contributed by atoms with Gasteiger partial charge in [-0.1, -0.05) is 0 Å². The predicted octanol–water partition coefficient (Wildman–Crippen LogP) is 0.506. The maximum atomic E-state index is 11.9. The van der Waals surface area contributed by atoms with E-state index in [-0.39, 0.29) is 12.0 Å². The number of nitrogens with one attached hydrogen (secondary N) is 1. The van der Waals surface area contributed by atoms with E-state index in [0.29, 0.717) is 23.7 Å². The third-order valence-corrected chi connectivity index (χ3v) is 3.71. The van der Waals surface area contributed by atoms with E-state index in [1.807, 2.05) is 11.8 Å². The lowest BCUT2D eigenvalue weighted by molar-refractivity contribution is -0.119. The Morgan fingerprint density at radius 2 is 2.42 bits per heavy atom. The Balaban J connectivity index is 1.90. The van der Waals surface area contributed by atoms with Crippen LogP contribution in [0.25, 0.3) is 0 Å². The Labute approximate surface area is 115 Å². The molecule has 0 saturated carbocycles. The van der Waals surface area contributed by atoms with E-state index in [4.69, 9.17) is 10.5 Å². The summed E-state index contributed by atoms with van der Waals surface area (Å²) in [5.74, 6) is -0.671. The highest BCUT2D eigenvalue weighted by Crippen LogP contribution is 2.22. The molecule has 7 heteroatoms. The minimum atomic E-state index is -0.531. The van der Waals surface area contributed by atoms with Crippen molar-refractivity contribution in [2.45, 2.75) is 13.0 Å². The van der Waals surface area contributed by atoms with E-state index in [9.17, 15) is 9.59 Å². The van der Waals surface area contributed by atoms with Gasteiger partial charge in [-0.15, -0.1) is 11.3 Å². The van der Waals surface area contributed by atoms with Gasteiger partial charge in [0.2, 0.25) is 5.91 Å². The van der Waals surface area contributed by atoms with Crippen molar-refractivity contribution < 1.29 is 14.3 Å². The maximum absolute atomic E-state index is 11.9. The van der Waals surface area contributed by atoms with Crippen LogP contribution < -0.4 is 11.1 Å². The predicted molar refractivity (Wildman–Crippen MR) is 73.3 cm³/mol. The number of amides is 2. The van der Waals surface area contributed by atoms with Gasteiger partial charge in [0.1, 0.15) is 5.00 Å². The number of nitrogens with zero attached hydrogens (tertiary/aromatic N) is 1. The second-order valence-electron chi connectivity index (χ2n) is 4.49. The number of nitrogens with two attached hydrogens (primary N) is 1. The Kier molecular flexibility index (Phi) is 4.52. The molecule has 1 aromatic rings. The van der Waals surface area contributed by atoms with E-state index < -0.39 is 5.91 Å². The summed E-state index contributed by atoms with van der Waals surface area (Å²) in [5, 5.41) is 4.97. The van der Waals surface area contributed by atoms with E-state index in [0.717, 1.165) is 13.1 Å². The van der Waals surface area contributed by atoms with Crippen LogP contribution in [0, 0.1) is 0 Å². The van der Waals surface area contributed by atoms with Crippen LogP contribution in [-0.4, -0.2) is 49.1 Å². The van der Waals surface area contributed by atoms with Crippen molar-refractivity contribution in [3.8, 4) is 0 Å². The maximum Gasteiger partial charge on any atom is 0.251 e. The molecule has 104 valence electrons. The molecule has 2 rings (SSSR count). The van der Waals surface area contributed by atoms with Gasteiger partial charge in [-0.3, -0.25) is 14.5 Å². The molecule has 6 nitrogen and oxygen atoms in total. The number of anilines is 1. The van der Waals surface area contributed by atoms with E-state index >= 15 is 0 Å². The first kappa shape index (κ1) is 14.0. The number of thiophene rings is 1. The molecule has 0 aliphatic carbocycles. The van der Waals surface area contributed by atoms with Crippen molar-refractivity contribution in [1.82, 2.24) is 4.90 Å². The van der Waals surface area contributed by atoms with E-state index in [2.05, 4.69) is 5.32 Å². The number of carbonyl (C=O) groups excluding carboxylic acids is 2. The Morgan fingerprint density at radius 3 is 3.11 bits per heavy atom. The second-order valence-corrected chi connectivity index (χ2v) is 5.41. The molecule has 1 aliphatic rings. The van der Waals surface area contributed by atoms with E-state index in [1.54, 1.807) is 11.4 Å². The van der Waals surface area contributed by atoms with Gasteiger partial charge in [-0.2, -0.15) is 0 Å². The van der Waals surface area contributed by atoms with Gasteiger partial charge >= 0.3 is 0 Å². The molecular formula is C12H17N3O3S. The lowest BCUT2D eigenvalue weighted by Crippen LogP contribution is -2.44. The van der Waals surface area contributed by atoms with Crippen LogP contribution in [0.3, 0.4) is 0 Å². The monoisotopic (exact) mass is 283 g/mol. The fourth-order valence-corrected chi connectivity index (χ4v) is 2.81. The van der Waals surface area contributed by atoms with Crippen molar-refractivity contribution in [2.24, 2.45) is 5.73 Å². The van der Waals surface area contributed by atoms with Crippen LogP contribution in [-0.2, 0) is 9.53 Å². The van der Waals surface area contributed by atoms with Gasteiger partial charge in [0.15, 0.2) is 0 Å². The fourth-order valence-electron chi connectivity index (χ4n) is 2.00. The summed E-state index contributed by atoms with van der Waals surface area (Å²) in [7, 11) is 0. The smallest absolute Gasteiger partial charge is 0.251 e. The van der Waals surface area contributed by atoms with Gasteiger partial charge in [0.25, 0.3) is 5.91 Å². The molecule has 2 amide bonds. The first-order chi connectivity index (χ1) is 9.06. The molecular weight excluding hydrogens is 266 g/mol. The summed E-state index contributed by atoms with van der Waals surface area (Å²) >= 11 is 1.29. The van der Waals surface area contributed by atoms with Crippen molar-refractivity contribution in [3.05, 3.63) is 17.0 Å². The van der Waals surface area contributed by atoms with Crippen LogP contribution >= 0.6 is 11.3 Å². The number of rotatable bonds is 4. The van der Waals surface area contributed by atoms with Crippen LogP contribution in [0.4, 0.5) is 5.00 Å². The molecule has 3 N–H and O–H groups in total. The largest absolute Gasteiger partial charge is 0.376 e. The lowest BCUT2D eigenvalue weighted by Gasteiger charge is -2.30. The molecule has 0 radical (unpaired) electrons. The lowest BCUT2D eigenvalue weighted by atomic mass is 10.3. The van der Waals surface area contributed by atoms with Crippen LogP contribution in [0.5, 0.6) is 0 Å². The summed E-state index contributed by atoms with van der Waals surface area (Å²) in [6.07, 6.45) is 0.143. The molecule has 0 bridgehead atoms. The van der Waals surface area contributed by atoms with Crippen molar-refractivity contribution in [2.75, 3.05) is 31.6 Å². The van der Waals surface area contributed by atoms with Crippen molar-refractivity contribution >= 4 is 28.2 Å². The summed E-state index contributed by atoms with van der Waals surface area (Å²) in [4.78, 5) is 25.1. The zero-order valence-electron chi connectivity index (χ0n) is 10.7. The minimum Gasteiger partial charge on any atom is -0.376 e. The van der Waals surface area contributed by atoms with Gasteiger partial charge in [0.05, 0.1) is 24.8 Å². The molecule has 1 aromatic heterocycles. The van der Waals surface area contributed by atoms with E-state index in [1.165, 1.54) is 11.3 Å². The molecule has 1 saturated heterocycles. The number of morpholine rings is 1. The van der Waals surface area contributed by atoms with Crippen LogP contribution in [0.2, 0.25) is 0 Å². The normalized spacial score (nSPS) is 20.2. The average Bonchev–Trinajstić information content (AvgIpc) is 2.76. The topological polar surface area (TPSA) is 84.7 Å². The Bertz CT molecular complexity index is 475. The summed E-state index contributed by atoms with van der Waals surface area (Å²) < 4.78 is 5.41. The van der Waals surface area contributed by atoms with Gasteiger partial charge in [-0.05, 0) is 18.4 Å². The third kappa shape index (κ3) is 3.76. The number of hydrogen-bond acceptors (Lipinski definition) is 5. The molecule has 1 aliphatic heterocycles. The highest BCUT2D eigenvalue weighted by molar-refractivity contribution is 7.14. The second kappa shape index (κ2) is 6.14. The zero-order valence-corrected chi connectivity index (χ0v) is 11.5. The first-order valence-electron chi connectivity index (χ1n) is 6.07. The zero-order chi connectivity index (χ0) is 13.8. The molecule has 1 atom stereocenters. The summed E-state index contributed by atoms with van der Waals surface area (Å²) in [6.45, 7) is 4.39. The van der Waals surface area contributed by atoms with Crippen molar-refractivity contribution in [3.63, 3.8) is 0 Å². The fraction of sp³-hybridized carbons (Fsp3) is 0.500. The molecule has 0 aromatic carbocycles. The highest BCUT2D eigenvalue weighted by Gasteiger charge is 2.20. The Hall–Kier alpha value is -1.44. The molecule has 1 fully saturated rings. The highest BCUT2D eigenvalue weighted by atomic mass is 32.1. The molecule has 0 spiro atoms. The summed E-state index contributed by atoms with van der Waals surface area (Å²) in [5.41, 5.74) is 5.58. The van der Waals surface area contributed by atoms with Gasteiger partial charge in [0, 0.05) is 13.1 Å². The van der Waals surface area contributed by atoms with Gasteiger partial charge in [-0.25, -0.2) is 0 Å². The number of primary amides is 1. The standard InChI is InChI=1S/C12H17N3O3S/c1-8-6-15(3-4-18-8)7-10(16)14-12-9(11(13)17)2-5-19-12/h2,5,8H,3-4,6-7H2,1H3,(H2,13,17)(H,14,16)/t8-/m1/s1. The molecule has 2 heterocycles. The summed E-state index contributed by atoms with van der Waals surface area (Å²) in [6, 6.07) is 1.61. The number of carbonyl (C=O) groups is 2. The first-order valence-corrected chi connectivity index (χ1v) is 6.95. The minimum absolute atomic E-state index is 0.140. The quantitative estimate of drug-likeness (QED) is 0.843. The Morgan fingerprint density at radius 1 is 1.63 bits per heavy atom.